The first-order valence-electron chi connectivity index (χ1n) is 6.88. The SMILES string of the molecule is COc1ccc(C#CCN)cc1CN(C)C1CCSC1. The smallest absolute Gasteiger partial charge is 0.123 e. The summed E-state index contributed by atoms with van der Waals surface area (Å²) in [5.74, 6) is 9.41. The highest BCUT2D eigenvalue weighted by Gasteiger charge is 2.20. The summed E-state index contributed by atoms with van der Waals surface area (Å²) in [7, 11) is 3.91. The summed E-state index contributed by atoms with van der Waals surface area (Å²) in [6.07, 6.45) is 1.27. The van der Waals surface area contributed by atoms with Crippen LogP contribution in [0, 0.1) is 11.8 Å². The average Bonchev–Trinajstić information content (AvgIpc) is 2.99. The number of ether oxygens (including phenoxy) is 1. The molecule has 20 heavy (non-hydrogen) atoms. The van der Waals surface area contributed by atoms with Gasteiger partial charge in [0.05, 0.1) is 13.7 Å². The molecule has 0 amide bonds. The summed E-state index contributed by atoms with van der Waals surface area (Å²) in [5, 5.41) is 0. The van der Waals surface area contributed by atoms with Gasteiger partial charge in [0.15, 0.2) is 0 Å². The van der Waals surface area contributed by atoms with Crippen LogP contribution in [0.2, 0.25) is 0 Å². The Morgan fingerprint density at radius 3 is 3.00 bits per heavy atom. The minimum atomic E-state index is 0.389. The van der Waals surface area contributed by atoms with Gasteiger partial charge in [0.25, 0.3) is 0 Å². The van der Waals surface area contributed by atoms with Gasteiger partial charge < -0.3 is 10.5 Å². The Hall–Kier alpha value is -1.15. The van der Waals surface area contributed by atoms with Gasteiger partial charge in [-0.1, -0.05) is 11.8 Å². The third-order valence-corrected chi connectivity index (χ3v) is 4.71. The standard InChI is InChI=1S/C16H22N2OS/c1-18(15-7-9-20-12-15)11-14-10-13(4-3-8-17)5-6-16(14)19-2/h5-6,10,15H,7-9,11-12,17H2,1-2H3. The van der Waals surface area contributed by atoms with E-state index in [1.807, 2.05) is 23.9 Å². The lowest BCUT2D eigenvalue weighted by molar-refractivity contribution is 0.250. The van der Waals surface area contributed by atoms with Crippen molar-refractivity contribution in [3.63, 3.8) is 0 Å². The van der Waals surface area contributed by atoms with Crippen molar-refractivity contribution in [1.82, 2.24) is 4.90 Å². The molecule has 1 fully saturated rings. The maximum absolute atomic E-state index is 5.46. The zero-order valence-corrected chi connectivity index (χ0v) is 13.0. The molecule has 1 aromatic carbocycles. The second-order valence-electron chi connectivity index (χ2n) is 4.97. The largest absolute Gasteiger partial charge is 0.496 e. The number of hydrogen-bond donors (Lipinski definition) is 1. The lowest BCUT2D eigenvalue weighted by Gasteiger charge is -2.24. The Kier molecular flexibility index (Phi) is 5.78. The van der Waals surface area contributed by atoms with Crippen LogP contribution in [-0.2, 0) is 6.54 Å². The van der Waals surface area contributed by atoms with Crippen molar-refractivity contribution >= 4 is 11.8 Å². The number of methoxy groups -OCH3 is 1. The minimum absolute atomic E-state index is 0.389. The first-order chi connectivity index (χ1) is 9.74. The molecule has 1 aliphatic rings. The quantitative estimate of drug-likeness (QED) is 0.860. The predicted octanol–water partition coefficient (Wildman–Crippen LogP) is 1.94. The van der Waals surface area contributed by atoms with Gasteiger partial charge in [-0.3, -0.25) is 4.90 Å². The Labute approximate surface area is 125 Å². The van der Waals surface area contributed by atoms with Crippen LogP contribution in [-0.4, -0.2) is 43.1 Å². The number of nitrogens with zero attached hydrogens (tertiary/aromatic N) is 1. The Bertz CT molecular complexity index is 501. The third-order valence-electron chi connectivity index (χ3n) is 3.56. The van der Waals surface area contributed by atoms with Gasteiger partial charge in [-0.25, -0.2) is 0 Å². The summed E-state index contributed by atoms with van der Waals surface area (Å²) in [4.78, 5) is 2.41. The fourth-order valence-corrected chi connectivity index (χ4v) is 3.70. The average molecular weight is 290 g/mol. The molecule has 2 N–H and O–H groups in total. The van der Waals surface area contributed by atoms with Crippen LogP contribution >= 0.6 is 11.8 Å². The van der Waals surface area contributed by atoms with E-state index < -0.39 is 0 Å². The van der Waals surface area contributed by atoms with Crippen LogP contribution in [0.1, 0.15) is 17.5 Å². The minimum Gasteiger partial charge on any atom is -0.496 e. The summed E-state index contributed by atoms with van der Waals surface area (Å²) in [5.41, 5.74) is 7.62. The van der Waals surface area contributed by atoms with Crippen molar-refractivity contribution in [2.24, 2.45) is 5.73 Å². The van der Waals surface area contributed by atoms with Gasteiger partial charge in [-0.2, -0.15) is 11.8 Å². The molecule has 0 aromatic heterocycles. The van der Waals surface area contributed by atoms with Crippen LogP contribution < -0.4 is 10.5 Å². The highest BCUT2D eigenvalue weighted by Crippen LogP contribution is 2.26. The van der Waals surface area contributed by atoms with E-state index in [9.17, 15) is 0 Å². The van der Waals surface area contributed by atoms with Gasteiger partial charge in [0, 0.05) is 29.5 Å². The Morgan fingerprint density at radius 1 is 1.50 bits per heavy atom. The molecule has 0 radical (unpaired) electrons. The topological polar surface area (TPSA) is 38.5 Å². The van der Waals surface area contributed by atoms with Crippen LogP contribution in [0.15, 0.2) is 18.2 Å². The second-order valence-corrected chi connectivity index (χ2v) is 6.11. The predicted molar refractivity (Wildman–Crippen MR) is 86.1 cm³/mol. The molecular formula is C16H22N2OS. The van der Waals surface area contributed by atoms with E-state index in [0.29, 0.717) is 12.6 Å². The summed E-state index contributed by atoms with van der Waals surface area (Å²) in [6.45, 7) is 1.28. The zero-order chi connectivity index (χ0) is 14.4. The molecule has 1 heterocycles. The molecule has 0 bridgehead atoms. The fraction of sp³-hybridized carbons (Fsp3) is 0.500. The van der Waals surface area contributed by atoms with Crippen LogP contribution in [0.4, 0.5) is 0 Å². The normalized spacial score (nSPS) is 17.9. The van der Waals surface area contributed by atoms with Gasteiger partial charge in [0.1, 0.15) is 5.75 Å². The van der Waals surface area contributed by atoms with E-state index in [-0.39, 0.29) is 0 Å². The highest BCUT2D eigenvalue weighted by molar-refractivity contribution is 7.99. The van der Waals surface area contributed by atoms with Crippen molar-refractivity contribution in [3.05, 3.63) is 29.3 Å². The lowest BCUT2D eigenvalue weighted by atomic mass is 10.1. The molecule has 1 saturated heterocycles. The summed E-state index contributed by atoms with van der Waals surface area (Å²) >= 11 is 2.04. The number of thioether (sulfide) groups is 1. The zero-order valence-electron chi connectivity index (χ0n) is 12.2. The lowest BCUT2D eigenvalue weighted by Crippen LogP contribution is -2.31. The number of rotatable bonds is 4. The monoisotopic (exact) mass is 290 g/mol. The van der Waals surface area contributed by atoms with E-state index in [4.69, 9.17) is 10.5 Å². The van der Waals surface area contributed by atoms with Gasteiger partial charge in [-0.05, 0) is 37.4 Å². The van der Waals surface area contributed by atoms with Crippen LogP contribution in [0.25, 0.3) is 0 Å². The molecular weight excluding hydrogens is 268 g/mol. The van der Waals surface area contributed by atoms with E-state index >= 15 is 0 Å². The molecule has 3 nitrogen and oxygen atoms in total. The van der Waals surface area contributed by atoms with Crippen LogP contribution in [0.5, 0.6) is 5.75 Å². The maximum atomic E-state index is 5.46. The molecule has 1 atom stereocenters. The van der Waals surface area contributed by atoms with Crippen molar-refractivity contribution in [2.75, 3.05) is 32.2 Å². The van der Waals surface area contributed by atoms with E-state index in [0.717, 1.165) is 17.9 Å². The molecule has 1 aliphatic heterocycles. The van der Waals surface area contributed by atoms with Gasteiger partial charge in [-0.15, -0.1) is 0 Å². The molecule has 1 aromatic rings. The fourth-order valence-electron chi connectivity index (χ4n) is 2.40. The number of benzene rings is 1. The highest BCUT2D eigenvalue weighted by atomic mass is 32.2. The summed E-state index contributed by atoms with van der Waals surface area (Å²) in [6, 6.07) is 6.76. The maximum Gasteiger partial charge on any atom is 0.123 e. The molecule has 1 unspecified atom stereocenters. The Balaban J connectivity index is 2.14. The number of nitrogens with two attached hydrogens (primary N) is 1. The Morgan fingerprint density at radius 2 is 2.35 bits per heavy atom. The molecule has 0 saturated carbocycles. The molecule has 2 rings (SSSR count). The second kappa shape index (κ2) is 7.58. The first kappa shape index (κ1) is 15.2. The van der Waals surface area contributed by atoms with Crippen molar-refractivity contribution in [3.8, 4) is 17.6 Å². The molecule has 0 spiro atoms. The van der Waals surface area contributed by atoms with Crippen molar-refractivity contribution in [1.29, 1.82) is 0 Å². The van der Waals surface area contributed by atoms with Crippen molar-refractivity contribution < 1.29 is 4.74 Å². The molecule has 108 valence electrons. The summed E-state index contributed by atoms with van der Waals surface area (Å²) < 4.78 is 5.46. The third kappa shape index (κ3) is 3.92. The number of hydrogen-bond acceptors (Lipinski definition) is 4. The van der Waals surface area contributed by atoms with Crippen LogP contribution in [0.3, 0.4) is 0 Å². The molecule has 0 aliphatic carbocycles. The van der Waals surface area contributed by atoms with Gasteiger partial charge in [0.2, 0.25) is 0 Å². The van der Waals surface area contributed by atoms with E-state index in [2.05, 4.69) is 29.9 Å². The van der Waals surface area contributed by atoms with Gasteiger partial charge >= 0.3 is 0 Å². The first-order valence-corrected chi connectivity index (χ1v) is 8.04. The molecule has 4 heteroatoms. The van der Waals surface area contributed by atoms with Crippen molar-refractivity contribution in [2.45, 2.75) is 19.0 Å². The van der Waals surface area contributed by atoms with E-state index in [1.54, 1.807) is 7.11 Å². The van der Waals surface area contributed by atoms with E-state index in [1.165, 1.54) is 23.5 Å².